The van der Waals surface area contributed by atoms with Crippen LogP contribution in [0.3, 0.4) is 0 Å². The van der Waals surface area contributed by atoms with E-state index in [2.05, 4.69) is 27.4 Å². The summed E-state index contributed by atoms with van der Waals surface area (Å²) in [5.74, 6) is 0. The normalized spacial score (nSPS) is 10.8. The number of rotatable bonds is 6. The third-order valence-electron chi connectivity index (χ3n) is 2.61. The van der Waals surface area contributed by atoms with Crippen molar-refractivity contribution in [3.05, 3.63) is 34.4 Å². The lowest BCUT2D eigenvalue weighted by Gasteiger charge is -2.04. The largest absolute Gasteiger partial charge is 0.343 e. The molecule has 102 valence electrons. The van der Waals surface area contributed by atoms with Gasteiger partial charge in [-0.1, -0.05) is 13.0 Å². The highest BCUT2D eigenvalue weighted by Crippen LogP contribution is 2.22. The maximum absolute atomic E-state index is 11.4. The molecule has 2 rings (SSSR count). The molecule has 0 atom stereocenters. The van der Waals surface area contributed by atoms with E-state index < -0.39 is 0 Å². The molecule has 19 heavy (non-hydrogen) atoms. The number of hydrogen-bond acceptors (Lipinski definition) is 5. The average Bonchev–Trinajstić information content (AvgIpc) is 2.78. The van der Waals surface area contributed by atoms with Gasteiger partial charge in [0.05, 0.1) is 0 Å². The summed E-state index contributed by atoms with van der Waals surface area (Å²) in [7, 11) is 0. The van der Waals surface area contributed by atoms with Crippen LogP contribution in [0.4, 0.5) is 0 Å². The number of nitrogens with zero attached hydrogens (tertiary/aromatic N) is 3. The van der Waals surface area contributed by atoms with Crippen molar-refractivity contribution in [2.24, 2.45) is 0 Å². The number of hydrogen-bond donors (Lipinski definition) is 2. The third kappa shape index (κ3) is 3.45. The Hall–Kier alpha value is -1.60. The standard InChI is InChI=1S/C12H17N5OS/c1-3-13-7-9-5-6-10(14-8-9)19-12-16-15-11(18)17(12)4-2/h5-6,8,13H,3-4,7H2,1-2H3,(H,15,18). The molecule has 0 aliphatic carbocycles. The number of aromatic nitrogens is 4. The molecule has 0 radical (unpaired) electrons. The first-order valence-corrected chi connectivity index (χ1v) is 7.05. The molecule has 2 aromatic heterocycles. The van der Waals surface area contributed by atoms with Crippen molar-refractivity contribution in [3.63, 3.8) is 0 Å². The van der Waals surface area contributed by atoms with Crippen LogP contribution in [0, 0.1) is 0 Å². The Morgan fingerprint density at radius 3 is 2.89 bits per heavy atom. The van der Waals surface area contributed by atoms with Crippen molar-refractivity contribution in [2.75, 3.05) is 6.54 Å². The molecule has 6 nitrogen and oxygen atoms in total. The van der Waals surface area contributed by atoms with Crippen LogP contribution in [0.2, 0.25) is 0 Å². The maximum Gasteiger partial charge on any atom is 0.343 e. The predicted octanol–water partition coefficient (Wildman–Crippen LogP) is 1.25. The molecule has 0 bridgehead atoms. The van der Waals surface area contributed by atoms with E-state index in [-0.39, 0.29) is 5.69 Å². The zero-order valence-corrected chi connectivity index (χ0v) is 11.8. The molecule has 0 aliphatic rings. The Kier molecular flexibility index (Phi) is 4.75. The minimum Gasteiger partial charge on any atom is -0.313 e. The van der Waals surface area contributed by atoms with Crippen molar-refractivity contribution in [2.45, 2.75) is 37.1 Å². The molecular formula is C12H17N5OS. The van der Waals surface area contributed by atoms with Crippen LogP contribution in [0.25, 0.3) is 0 Å². The van der Waals surface area contributed by atoms with E-state index in [0.717, 1.165) is 23.7 Å². The zero-order valence-electron chi connectivity index (χ0n) is 11.0. The fraction of sp³-hybridized carbons (Fsp3) is 0.417. The minimum absolute atomic E-state index is 0.186. The summed E-state index contributed by atoms with van der Waals surface area (Å²) in [6.07, 6.45) is 1.84. The van der Waals surface area contributed by atoms with Crippen LogP contribution in [-0.2, 0) is 13.1 Å². The third-order valence-corrected chi connectivity index (χ3v) is 3.56. The first kappa shape index (κ1) is 13.8. The zero-order chi connectivity index (χ0) is 13.7. The molecule has 2 heterocycles. The van der Waals surface area contributed by atoms with Gasteiger partial charge in [0.1, 0.15) is 5.03 Å². The van der Waals surface area contributed by atoms with Gasteiger partial charge in [-0.05, 0) is 36.9 Å². The fourth-order valence-electron chi connectivity index (χ4n) is 1.60. The Balaban J connectivity index is 2.08. The number of H-pyrrole nitrogens is 1. The molecular weight excluding hydrogens is 262 g/mol. The molecule has 2 aromatic rings. The lowest BCUT2D eigenvalue weighted by molar-refractivity contribution is 0.660. The molecule has 0 unspecified atom stereocenters. The van der Waals surface area contributed by atoms with Gasteiger partial charge in [0.2, 0.25) is 0 Å². The number of nitrogens with one attached hydrogen (secondary N) is 2. The summed E-state index contributed by atoms with van der Waals surface area (Å²) in [5, 5.41) is 11.1. The highest BCUT2D eigenvalue weighted by atomic mass is 32.2. The lowest BCUT2D eigenvalue weighted by atomic mass is 10.3. The highest BCUT2D eigenvalue weighted by Gasteiger charge is 2.08. The summed E-state index contributed by atoms with van der Waals surface area (Å²) in [6, 6.07) is 3.97. The fourth-order valence-corrected chi connectivity index (χ4v) is 2.44. The van der Waals surface area contributed by atoms with Crippen LogP contribution in [0.15, 0.2) is 33.3 Å². The van der Waals surface area contributed by atoms with Gasteiger partial charge in [-0.2, -0.15) is 0 Å². The van der Waals surface area contributed by atoms with Gasteiger partial charge in [-0.25, -0.2) is 14.9 Å². The topological polar surface area (TPSA) is 75.6 Å². The Morgan fingerprint density at radius 2 is 2.26 bits per heavy atom. The van der Waals surface area contributed by atoms with E-state index in [9.17, 15) is 4.79 Å². The van der Waals surface area contributed by atoms with Crippen molar-refractivity contribution >= 4 is 11.8 Å². The van der Waals surface area contributed by atoms with Crippen LogP contribution in [0.1, 0.15) is 19.4 Å². The highest BCUT2D eigenvalue weighted by molar-refractivity contribution is 7.99. The van der Waals surface area contributed by atoms with E-state index in [1.54, 1.807) is 4.57 Å². The molecule has 0 saturated heterocycles. The number of aromatic amines is 1. The predicted molar refractivity (Wildman–Crippen MR) is 74.3 cm³/mol. The van der Waals surface area contributed by atoms with E-state index in [1.165, 1.54) is 11.8 Å². The average molecular weight is 279 g/mol. The second-order valence-corrected chi connectivity index (χ2v) is 4.93. The summed E-state index contributed by atoms with van der Waals surface area (Å²) in [5.41, 5.74) is 0.954. The van der Waals surface area contributed by atoms with Crippen molar-refractivity contribution < 1.29 is 0 Å². The monoisotopic (exact) mass is 279 g/mol. The van der Waals surface area contributed by atoms with E-state index in [4.69, 9.17) is 0 Å². The van der Waals surface area contributed by atoms with Gasteiger partial charge in [0, 0.05) is 19.3 Å². The summed E-state index contributed by atoms with van der Waals surface area (Å²) < 4.78 is 1.58. The Bertz CT molecular complexity index is 575. The molecule has 0 aromatic carbocycles. The van der Waals surface area contributed by atoms with E-state index >= 15 is 0 Å². The minimum atomic E-state index is -0.186. The summed E-state index contributed by atoms with van der Waals surface area (Å²) in [6.45, 7) is 6.33. The van der Waals surface area contributed by atoms with Gasteiger partial charge in [-0.15, -0.1) is 5.10 Å². The van der Waals surface area contributed by atoms with E-state index in [1.807, 2.05) is 25.3 Å². The molecule has 0 amide bonds. The molecule has 0 spiro atoms. The van der Waals surface area contributed by atoms with Crippen LogP contribution >= 0.6 is 11.8 Å². The van der Waals surface area contributed by atoms with Gasteiger partial charge in [0.25, 0.3) is 0 Å². The Labute approximate surface area is 115 Å². The summed E-state index contributed by atoms with van der Waals surface area (Å²) in [4.78, 5) is 15.8. The first-order chi connectivity index (χ1) is 9.24. The van der Waals surface area contributed by atoms with Gasteiger partial charge in [0.15, 0.2) is 5.16 Å². The SMILES string of the molecule is CCNCc1ccc(Sc2n[nH]c(=O)n2CC)nc1. The van der Waals surface area contributed by atoms with Crippen molar-refractivity contribution in [1.82, 2.24) is 25.1 Å². The first-order valence-electron chi connectivity index (χ1n) is 6.23. The maximum atomic E-state index is 11.4. The molecule has 2 N–H and O–H groups in total. The van der Waals surface area contributed by atoms with Crippen LogP contribution < -0.4 is 11.0 Å². The quantitative estimate of drug-likeness (QED) is 0.832. The molecule has 0 saturated carbocycles. The van der Waals surface area contributed by atoms with Crippen molar-refractivity contribution in [3.8, 4) is 0 Å². The van der Waals surface area contributed by atoms with Gasteiger partial charge < -0.3 is 5.32 Å². The summed E-state index contributed by atoms with van der Waals surface area (Å²) >= 11 is 1.38. The van der Waals surface area contributed by atoms with Crippen LogP contribution in [0.5, 0.6) is 0 Å². The number of pyridine rings is 1. The van der Waals surface area contributed by atoms with E-state index in [0.29, 0.717) is 11.7 Å². The van der Waals surface area contributed by atoms with Crippen LogP contribution in [-0.4, -0.2) is 26.3 Å². The second-order valence-electron chi connectivity index (χ2n) is 3.94. The van der Waals surface area contributed by atoms with Gasteiger partial charge >= 0.3 is 5.69 Å². The lowest BCUT2D eigenvalue weighted by Crippen LogP contribution is -2.16. The smallest absolute Gasteiger partial charge is 0.313 e. The van der Waals surface area contributed by atoms with Crippen molar-refractivity contribution in [1.29, 1.82) is 0 Å². The van der Waals surface area contributed by atoms with Gasteiger partial charge in [-0.3, -0.25) is 4.57 Å². The molecule has 0 fully saturated rings. The molecule has 7 heteroatoms. The Morgan fingerprint density at radius 1 is 1.42 bits per heavy atom. The second kappa shape index (κ2) is 6.53. The molecule has 0 aliphatic heterocycles.